The molecule has 0 aliphatic rings. The normalized spacial score (nSPS) is 13.0. The van der Waals surface area contributed by atoms with Crippen LogP contribution in [0, 0.1) is 0 Å². The number of halogens is 3. The summed E-state index contributed by atoms with van der Waals surface area (Å²) < 4.78 is 38.1. The highest BCUT2D eigenvalue weighted by Crippen LogP contribution is 2.32. The predicted octanol–water partition coefficient (Wildman–Crippen LogP) is 3.85. The summed E-state index contributed by atoms with van der Waals surface area (Å²) in [5.41, 5.74) is 0.973. The second kappa shape index (κ2) is 5.77. The van der Waals surface area contributed by atoms with Gasteiger partial charge in [-0.3, -0.25) is 0 Å². The molecule has 21 heavy (non-hydrogen) atoms. The van der Waals surface area contributed by atoms with Gasteiger partial charge in [0.1, 0.15) is 6.10 Å². The molecule has 2 nitrogen and oxygen atoms in total. The van der Waals surface area contributed by atoms with Crippen LogP contribution >= 0.6 is 0 Å². The quantitative estimate of drug-likeness (QED) is 0.929. The van der Waals surface area contributed by atoms with Crippen molar-refractivity contribution in [3.05, 3.63) is 65.2 Å². The van der Waals surface area contributed by atoms with E-state index in [1.807, 2.05) is 31.1 Å². The van der Waals surface area contributed by atoms with Crippen LogP contribution in [0.15, 0.2) is 48.5 Å². The molecule has 1 atom stereocenters. The smallest absolute Gasteiger partial charge is 0.384 e. The lowest BCUT2D eigenvalue weighted by Gasteiger charge is -2.16. The summed E-state index contributed by atoms with van der Waals surface area (Å²) >= 11 is 0. The number of hydrogen-bond acceptors (Lipinski definition) is 2. The monoisotopic (exact) mass is 295 g/mol. The summed E-state index contributed by atoms with van der Waals surface area (Å²) in [4.78, 5) is 1.90. The van der Waals surface area contributed by atoms with Gasteiger partial charge in [-0.2, -0.15) is 13.2 Å². The number of aliphatic hydroxyl groups excluding tert-OH is 1. The minimum atomic E-state index is -4.41. The second-order valence-electron chi connectivity index (χ2n) is 5.01. The molecular formula is C16H16F3NO. The summed E-state index contributed by atoms with van der Waals surface area (Å²) in [5.74, 6) is 0. The average molecular weight is 295 g/mol. The topological polar surface area (TPSA) is 23.5 Å². The fraction of sp³-hybridized carbons (Fsp3) is 0.250. The molecule has 0 saturated heterocycles. The van der Waals surface area contributed by atoms with E-state index in [2.05, 4.69) is 0 Å². The lowest BCUT2D eigenvalue weighted by Crippen LogP contribution is -2.09. The Morgan fingerprint density at radius 2 is 1.57 bits per heavy atom. The molecule has 0 fully saturated rings. The molecule has 5 heteroatoms. The molecule has 0 aliphatic heterocycles. The van der Waals surface area contributed by atoms with Crippen molar-refractivity contribution in [1.29, 1.82) is 0 Å². The van der Waals surface area contributed by atoms with Crippen LogP contribution in [0.5, 0.6) is 0 Å². The van der Waals surface area contributed by atoms with Gasteiger partial charge < -0.3 is 10.0 Å². The van der Waals surface area contributed by atoms with E-state index in [1.54, 1.807) is 12.1 Å². The molecule has 0 aliphatic carbocycles. The van der Waals surface area contributed by atoms with E-state index < -0.39 is 17.8 Å². The molecule has 0 bridgehead atoms. The molecule has 2 rings (SSSR count). The molecule has 0 saturated carbocycles. The van der Waals surface area contributed by atoms with Crippen LogP contribution in [0.2, 0.25) is 0 Å². The first kappa shape index (κ1) is 15.4. The SMILES string of the molecule is CN(C)c1ccc(C(O)c2cccc(C(F)(F)F)c2)cc1. The maximum Gasteiger partial charge on any atom is 0.416 e. The number of rotatable bonds is 3. The second-order valence-corrected chi connectivity index (χ2v) is 5.01. The average Bonchev–Trinajstić information content (AvgIpc) is 2.46. The lowest BCUT2D eigenvalue weighted by molar-refractivity contribution is -0.137. The third kappa shape index (κ3) is 3.55. The predicted molar refractivity (Wildman–Crippen MR) is 76.3 cm³/mol. The van der Waals surface area contributed by atoms with Crippen molar-refractivity contribution in [2.45, 2.75) is 12.3 Å². The highest BCUT2D eigenvalue weighted by molar-refractivity contribution is 5.47. The van der Waals surface area contributed by atoms with E-state index in [-0.39, 0.29) is 5.56 Å². The number of hydrogen-bond donors (Lipinski definition) is 1. The minimum Gasteiger partial charge on any atom is -0.384 e. The van der Waals surface area contributed by atoms with Gasteiger partial charge in [0, 0.05) is 19.8 Å². The number of anilines is 1. The van der Waals surface area contributed by atoms with Gasteiger partial charge in [-0.15, -0.1) is 0 Å². The number of nitrogens with zero attached hydrogens (tertiary/aromatic N) is 1. The van der Waals surface area contributed by atoms with E-state index in [4.69, 9.17) is 0 Å². The largest absolute Gasteiger partial charge is 0.416 e. The molecular weight excluding hydrogens is 279 g/mol. The van der Waals surface area contributed by atoms with Gasteiger partial charge in [0.2, 0.25) is 0 Å². The molecule has 0 spiro atoms. The summed E-state index contributed by atoms with van der Waals surface area (Å²) in [6.07, 6.45) is -5.49. The van der Waals surface area contributed by atoms with Crippen LogP contribution in [0.4, 0.5) is 18.9 Å². The van der Waals surface area contributed by atoms with Crippen molar-refractivity contribution < 1.29 is 18.3 Å². The fourth-order valence-electron chi connectivity index (χ4n) is 2.03. The molecule has 0 amide bonds. The fourth-order valence-corrected chi connectivity index (χ4v) is 2.03. The maximum atomic E-state index is 12.7. The Kier molecular flexibility index (Phi) is 4.23. The van der Waals surface area contributed by atoms with Gasteiger partial charge in [-0.05, 0) is 35.4 Å². The van der Waals surface area contributed by atoms with Crippen LogP contribution in [-0.2, 0) is 6.18 Å². The Balaban J connectivity index is 2.29. The van der Waals surface area contributed by atoms with E-state index >= 15 is 0 Å². The van der Waals surface area contributed by atoms with Crippen molar-refractivity contribution in [3.63, 3.8) is 0 Å². The van der Waals surface area contributed by atoms with E-state index in [1.165, 1.54) is 12.1 Å². The molecule has 0 aromatic heterocycles. The van der Waals surface area contributed by atoms with Crippen LogP contribution in [0.25, 0.3) is 0 Å². The zero-order valence-corrected chi connectivity index (χ0v) is 11.7. The van der Waals surface area contributed by atoms with Gasteiger partial charge in [0.25, 0.3) is 0 Å². The van der Waals surface area contributed by atoms with Crippen molar-refractivity contribution in [2.75, 3.05) is 19.0 Å². The lowest BCUT2D eigenvalue weighted by atomic mass is 9.99. The summed E-state index contributed by atoms with van der Waals surface area (Å²) in [6.45, 7) is 0. The summed E-state index contributed by atoms with van der Waals surface area (Å²) in [5, 5.41) is 10.2. The zero-order valence-electron chi connectivity index (χ0n) is 11.7. The molecule has 1 N–H and O–H groups in total. The molecule has 2 aromatic carbocycles. The summed E-state index contributed by atoms with van der Waals surface area (Å²) in [6, 6.07) is 11.8. The zero-order chi connectivity index (χ0) is 15.6. The van der Waals surface area contributed by atoms with Gasteiger partial charge in [-0.25, -0.2) is 0 Å². The van der Waals surface area contributed by atoms with E-state index in [0.29, 0.717) is 5.56 Å². The van der Waals surface area contributed by atoms with Gasteiger partial charge >= 0.3 is 6.18 Å². The van der Waals surface area contributed by atoms with Crippen molar-refractivity contribution in [3.8, 4) is 0 Å². The molecule has 0 radical (unpaired) electrons. The third-order valence-corrected chi connectivity index (χ3v) is 3.25. The van der Waals surface area contributed by atoms with E-state index in [9.17, 15) is 18.3 Å². The first-order valence-corrected chi connectivity index (χ1v) is 6.41. The van der Waals surface area contributed by atoms with Crippen LogP contribution < -0.4 is 4.90 Å². The van der Waals surface area contributed by atoms with Crippen LogP contribution in [0.1, 0.15) is 22.8 Å². The Morgan fingerprint density at radius 3 is 2.10 bits per heavy atom. The minimum absolute atomic E-state index is 0.224. The first-order chi connectivity index (χ1) is 9.79. The highest BCUT2D eigenvalue weighted by atomic mass is 19.4. The Hall–Kier alpha value is -2.01. The van der Waals surface area contributed by atoms with Crippen molar-refractivity contribution in [1.82, 2.24) is 0 Å². The van der Waals surface area contributed by atoms with Gasteiger partial charge in [0.15, 0.2) is 0 Å². The van der Waals surface area contributed by atoms with Crippen LogP contribution in [-0.4, -0.2) is 19.2 Å². The maximum absolute atomic E-state index is 12.7. The summed E-state index contributed by atoms with van der Waals surface area (Å²) in [7, 11) is 3.77. The molecule has 2 aromatic rings. The Labute approximate surface area is 121 Å². The standard InChI is InChI=1S/C16H16F3NO/c1-20(2)14-8-6-11(7-9-14)15(21)12-4-3-5-13(10-12)16(17,18)19/h3-10,15,21H,1-2H3. The number of benzene rings is 2. The van der Waals surface area contributed by atoms with Crippen molar-refractivity contribution >= 4 is 5.69 Å². The highest BCUT2D eigenvalue weighted by Gasteiger charge is 2.30. The van der Waals surface area contributed by atoms with Gasteiger partial charge in [-0.1, -0.05) is 24.3 Å². The third-order valence-electron chi connectivity index (χ3n) is 3.25. The molecule has 0 heterocycles. The number of aliphatic hydroxyl groups is 1. The van der Waals surface area contributed by atoms with Crippen LogP contribution in [0.3, 0.4) is 0 Å². The van der Waals surface area contributed by atoms with E-state index in [0.717, 1.165) is 17.8 Å². The van der Waals surface area contributed by atoms with Crippen molar-refractivity contribution in [2.24, 2.45) is 0 Å². The number of alkyl halides is 3. The molecule has 112 valence electrons. The van der Waals surface area contributed by atoms with Gasteiger partial charge in [0.05, 0.1) is 5.56 Å². The Bertz CT molecular complexity index is 606. The first-order valence-electron chi connectivity index (χ1n) is 6.41. The molecule has 1 unspecified atom stereocenters. The Morgan fingerprint density at radius 1 is 0.952 bits per heavy atom.